The minimum Gasteiger partial charge on any atom is -0.113 e. The molecule has 0 amide bonds. The SMILES string of the molecule is Cc1ccc(C(Cl)c2ccc(Cl)cc2Br)c(C)c1. The second-order valence-corrected chi connectivity index (χ2v) is 6.12. The van der Waals surface area contributed by atoms with Crippen molar-refractivity contribution < 1.29 is 0 Å². The minimum atomic E-state index is -0.169. The lowest BCUT2D eigenvalue weighted by Crippen LogP contribution is -1.97. The highest BCUT2D eigenvalue weighted by molar-refractivity contribution is 9.10. The predicted octanol–water partition coefficient (Wildman–Crippen LogP) is 6.05. The summed E-state index contributed by atoms with van der Waals surface area (Å²) in [4.78, 5) is 0. The van der Waals surface area contributed by atoms with Gasteiger partial charge in [0.1, 0.15) is 0 Å². The Bertz CT molecular complexity index is 527. The molecule has 0 fully saturated rings. The van der Waals surface area contributed by atoms with Crippen LogP contribution in [0.3, 0.4) is 0 Å². The molecule has 2 aromatic rings. The molecule has 0 saturated heterocycles. The van der Waals surface area contributed by atoms with Crippen LogP contribution in [0.1, 0.15) is 27.6 Å². The molecule has 0 aromatic heterocycles. The Morgan fingerprint density at radius 1 is 1.00 bits per heavy atom. The lowest BCUT2D eigenvalue weighted by molar-refractivity contribution is 1.10. The van der Waals surface area contributed by atoms with Crippen molar-refractivity contribution in [2.45, 2.75) is 19.2 Å². The molecule has 0 heterocycles. The van der Waals surface area contributed by atoms with Crippen LogP contribution in [0.15, 0.2) is 40.9 Å². The summed E-state index contributed by atoms with van der Waals surface area (Å²) in [5.41, 5.74) is 4.62. The van der Waals surface area contributed by atoms with Crippen LogP contribution < -0.4 is 0 Å². The van der Waals surface area contributed by atoms with E-state index in [0.29, 0.717) is 5.02 Å². The first-order chi connectivity index (χ1) is 8.49. The third kappa shape index (κ3) is 2.90. The lowest BCUT2D eigenvalue weighted by atomic mass is 9.98. The summed E-state index contributed by atoms with van der Waals surface area (Å²) >= 11 is 16.0. The zero-order valence-electron chi connectivity index (χ0n) is 10.2. The number of halogens is 3. The second kappa shape index (κ2) is 5.64. The van der Waals surface area contributed by atoms with Crippen molar-refractivity contribution in [3.05, 3.63) is 68.1 Å². The molecule has 0 N–H and O–H groups in total. The molecule has 0 spiro atoms. The van der Waals surface area contributed by atoms with E-state index in [2.05, 4.69) is 48.0 Å². The van der Waals surface area contributed by atoms with Crippen LogP contribution >= 0.6 is 39.1 Å². The number of alkyl halides is 1. The van der Waals surface area contributed by atoms with E-state index in [9.17, 15) is 0 Å². The van der Waals surface area contributed by atoms with E-state index >= 15 is 0 Å². The summed E-state index contributed by atoms with van der Waals surface area (Å²) in [6.07, 6.45) is 0. The second-order valence-electron chi connectivity index (χ2n) is 4.39. The monoisotopic (exact) mass is 342 g/mol. The highest BCUT2D eigenvalue weighted by Crippen LogP contribution is 2.36. The van der Waals surface area contributed by atoms with Gasteiger partial charge in [-0.15, -0.1) is 11.6 Å². The van der Waals surface area contributed by atoms with Crippen LogP contribution in [0.5, 0.6) is 0 Å². The molecule has 94 valence electrons. The van der Waals surface area contributed by atoms with Crippen molar-refractivity contribution in [1.29, 1.82) is 0 Å². The smallest absolute Gasteiger partial charge is 0.0848 e. The maximum Gasteiger partial charge on any atom is 0.0848 e. The Labute approximate surface area is 126 Å². The topological polar surface area (TPSA) is 0 Å². The minimum absolute atomic E-state index is 0.169. The third-order valence-corrected chi connectivity index (χ3v) is 4.33. The van der Waals surface area contributed by atoms with Gasteiger partial charge in [0.2, 0.25) is 0 Å². The van der Waals surface area contributed by atoms with Gasteiger partial charge < -0.3 is 0 Å². The van der Waals surface area contributed by atoms with Crippen molar-refractivity contribution in [2.75, 3.05) is 0 Å². The zero-order valence-corrected chi connectivity index (χ0v) is 13.3. The molecule has 0 aliphatic rings. The Morgan fingerprint density at radius 3 is 2.28 bits per heavy atom. The molecule has 1 atom stereocenters. The first kappa shape index (κ1) is 13.9. The van der Waals surface area contributed by atoms with Gasteiger partial charge in [-0.2, -0.15) is 0 Å². The molecule has 0 nitrogen and oxygen atoms in total. The van der Waals surface area contributed by atoms with Crippen LogP contribution in [0, 0.1) is 13.8 Å². The first-order valence-electron chi connectivity index (χ1n) is 5.65. The van der Waals surface area contributed by atoms with Crippen LogP contribution in [-0.4, -0.2) is 0 Å². The number of benzene rings is 2. The third-order valence-electron chi connectivity index (χ3n) is 2.93. The number of hydrogen-bond acceptors (Lipinski definition) is 0. The Balaban J connectivity index is 2.44. The van der Waals surface area contributed by atoms with E-state index < -0.39 is 0 Å². The average Bonchev–Trinajstić information content (AvgIpc) is 2.28. The zero-order chi connectivity index (χ0) is 13.3. The van der Waals surface area contributed by atoms with E-state index in [-0.39, 0.29) is 5.38 Å². The highest BCUT2D eigenvalue weighted by atomic mass is 79.9. The molecular formula is C15H13BrCl2. The summed E-state index contributed by atoms with van der Waals surface area (Å²) in [5, 5.41) is 0.535. The van der Waals surface area contributed by atoms with Gasteiger partial charge in [-0.1, -0.05) is 57.4 Å². The van der Waals surface area contributed by atoms with Gasteiger partial charge in [-0.3, -0.25) is 0 Å². The van der Waals surface area contributed by atoms with E-state index in [0.717, 1.165) is 15.6 Å². The maximum absolute atomic E-state index is 6.57. The van der Waals surface area contributed by atoms with Gasteiger partial charge in [0.25, 0.3) is 0 Å². The molecule has 0 aliphatic heterocycles. The number of rotatable bonds is 2. The highest BCUT2D eigenvalue weighted by Gasteiger charge is 2.16. The van der Waals surface area contributed by atoms with Crippen molar-refractivity contribution in [2.24, 2.45) is 0 Å². The summed E-state index contributed by atoms with van der Waals surface area (Å²) in [6.45, 7) is 4.17. The fraction of sp³-hybridized carbons (Fsp3) is 0.200. The van der Waals surface area contributed by atoms with Crippen molar-refractivity contribution in [3.8, 4) is 0 Å². The predicted molar refractivity (Wildman–Crippen MR) is 82.8 cm³/mol. The van der Waals surface area contributed by atoms with E-state index in [1.54, 1.807) is 0 Å². The average molecular weight is 344 g/mol. The van der Waals surface area contributed by atoms with Crippen molar-refractivity contribution in [3.63, 3.8) is 0 Å². The molecule has 1 unspecified atom stereocenters. The summed E-state index contributed by atoms with van der Waals surface area (Å²) < 4.78 is 0.940. The molecule has 2 rings (SSSR count). The summed E-state index contributed by atoms with van der Waals surface area (Å²) in [6, 6.07) is 12.0. The summed E-state index contributed by atoms with van der Waals surface area (Å²) in [7, 11) is 0. The van der Waals surface area contributed by atoms with Gasteiger partial charge in [0.15, 0.2) is 0 Å². The first-order valence-corrected chi connectivity index (χ1v) is 7.26. The van der Waals surface area contributed by atoms with Gasteiger partial charge in [-0.05, 0) is 42.7 Å². The molecule has 0 saturated carbocycles. The van der Waals surface area contributed by atoms with Crippen LogP contribution in [0.2, 0.25) is 5.02 Å². The van der Waals surface area contributed by atoms with Crippen LogP contribution in [0.25, 0.3) is 0 Å². The Kier molecular flexibility index (Phi) is 4.37. The van der Waals surface area contributed by atoms with Gasteiger partial charge >= 0.3 is 0 Å². The normalized spacial score (nSPS) is 12.5. The van der Waals surface area contributed by atoms with Gasteiger partial charge in [-0.25, -0.2) is 0 Å². The quantitative estimate of drug-likeness (QED) is 0.582. The largest absolute Gasteiger partial charge is 0.113 e. The van der Waals surface area contributed by atoms with Crippen molar-refractivity contribution in [1.82, 2.24) is 0 Å². The maximum atomic E-state index is 6.57. The molecule has 0 aliphatic carbocycles. The van der Waals surface area contributed by atoms with E-state index in [1.807, 2.05) is 18.2 Å². The molecular weight excluding hydrogens is 331 g/mol. The van der Waals surface area contributed by atoms with Gasteiger partial charge in [0, 0.05) is 9.50 Å². The van der Waals surface area contributed by atoms with Gasteiger partial charge in [0.05, 0.1) is 5.38 Å². The van der Waals surface area contributed by atoms with Crippen molar-refractivity contribution >= 4 is 39.1 Å². The Morgan fingerprint density at radius 2 is 1.67 bits per heavy atom. The Hall–Kier alpha value is -0.500. The van der Waals surface area contributed by atoms with E-state index in [4.69, 9.17) is 23.2 Å². The summed E-state index contributed by atoms with van der Waals surface area (Å²) in [5.74, 6) is 0. The number of hydrogen-bond donors (Lipinski definition) is 0. The molecule has 2 aromatic carbocycles. The molecule has 0 radical (unpaired) electrons. The molecule has 18 heavy (non-hydrogen) atoms. The standard InChI is InChI=1S/C15H13BrCl2/c1-9-3-5-12(10(2)7-9)15(18)13-6-4-11(17)8-14(13)16/h3-8,15H,1-2H3. The molecule has 3 heteroatoms. The van der Waals surface area contributed by atoms with Crippen LogP contribution in [0.4, 0.5) is 0 Å². The van der Waals surface area contributed by atoms with Crippen LogP contribution in [-0.2, 0) is 0 Å². The number of aryl methyl sites for hydroxylation is 2. The fourth-order valence-electron chi connectivity index (χ4n) is 1.98. The fourth-order valence-corrected chi connectivity index (χ4v) is 3.46. The van der Waals surface area contributed by atoms with E-state index in [1.165, 1.54) is 11.1 Å². The molecule has 0 bridgehead atoms. The lowest BCUT2D eigenvalue weighted by Gasteiger charge is -2.15.